The van der Waals surface area contributed by atoms with Crippen LogP contribution in [0.2, 0.25) is 0 Å². The molecule has 0 heterocycles. The maximum Gasteiger partial charge on any atom is 0.306 e. The third-order valence-electron chi connectivity index (χ3n) is 3.30. The molecule has 0 aliphatic heterocycles. The van der Waals surface area contributed by atoms with Crippen molar-refractivity contribution in [2.75, 3.05) is 13.1 Å². The van der Waals surface area contributed by atoms with E-state index < -0.39 is 12.1 Å². The second kappa shape index (κ2) is 6.97. The highest BCUT2D eigenvalue weighted by molar-refractivity contribution is 5.67. The number of nitrogens with zero attached hydrogens (tertiary/aromatic N) is 1. The molecule has 1 saturated carbocycles. The standard InChI is InChI=1S/C13H25NO3/c1-10(2)8-14(11-5-3-4-6-11)9-12(15)7-13(16)17/h10-12,15H,3-9H2,1-2H3,(H,16,17). The zero-order valence-corrected chi connectivity index (χ0v) is 10.9. The van der Waals surface area contributed by atoms with Gasteiger partial charge in [-0.3, -0.25) is 9.69 Å². The average Bonchev–Trinajstić information content (AvgIpc) is 2.66. The maximum absolute atomic E-state index is 10.6. The third-order valence-corrected chi connectivity index (χ3v) is 3.30. The number of aliphatic hydroxyl groups excluding tert-OH is 1. The second-order valence-corrected chi connectivity index (χ2v) is 5.54. The summed E-state index contributed by atoms with van der Waals surface area (Å²) in [6.45, 7) is 5.76. The monoisotopic (exact) mass is 243 g/mol. The highest BCUT2D eigenvalue weighted by Crippen LogP contribution is 2.24. The highest BCUT2D eigenvalue weighted by Gasteiger charge is 2.25. The summed E-state index contributed by atoms with van der Waals surface area (Å²) in [5.41, 5.74) is 0. The van der Waals surface area contributed by atoms with E-state index in [1.165, 1.54) is 25.7 Å². The Labute approximate surface area is 104 Å². The van der Waals surface area contributed by atoms with Crippen LogP contribution in [0.3, 0.4) is 0 Å². The summed E-state index contributed by atoms with van der Waals surface area (Å²) < 4.78 is 0. The van der Waals surface area contributed by atoms with Gasteiger partial charge in [0.2, 0.25) is 0 Å². The van der Waals surface area contributed by atoms with E-state index >= 15 is 0 Å². The van der Waals surface area contributed by atoms with Gasteiger partial charge in [-0.1, -0.05) is 26.7 Å². The Bertz CT molecular complexity index is 237. The lowest BCUT2D eigenvalue weighted by molar-refractivity contribution is -0.139. The number of rotatable bonds is 7. The summed E-state index contributed by atoms with van der Waals surface area (Å²) in [5, 5.41) is 18.4. The third kappa shape index (κ3) is 5.50. The molecule has 1 atom stereocenters. The van der Waals surface area contributed by atoms with E-state index in [1.54, 1.807) is 0 Å². The lowest BCUT2D eigenvalue weighted by Gasteiger charge is -2.31. The Morgan fingerprint density at radius 3 is 2.35 bits per heavy atom. The van der Waals surface area contributed by atoms with Crippen molar-refractivity contribution in [1.82, 2.24) is 4.90 Å². The molecule has 0 radical (unpaired) electrons. The van der Waals surface area contributed by atoms with Gasteiger partial charge in [-0.2, -0.15) is 0 Å². The minimum atomic E-state index is -0.923. The Hall–Kier alpha value is -0.610. The van der Waals surface area contributed by atoms with Gasteiger partial charge in [-0.15, -0.1) is 0 Å². The molecule has 0 aromatic carbocycles. The van der Waals surface area contributed by atoms with Crippen LogP contribution in [0.25, 0.3) is 0 Å². The first kappa shape index (κ1) is 14.5. The lowest BCUT2D eigenvalue weighted by atomic mass is 10.1. The number of aliphatic carboxylic acids is 1. The van der Waals surface area contributed by atoms with E-state index in [9.17, 15) is 9.90 Å². The highest BCUT2D eigenvalue weighted by atomic mass is 16.4. The molecule has 4 nitrogen and oxygen atoms in total. The van der Waals surface area contributed by atoms with Crippen molar-refractivity contribution in [1.29, 1.82) is 0 Å². The molecule has 1 fully saturated rings. The van der Waals surface area contributed by atoms with E-state index in [2.05, 4.69) is 18.7 Å². The first-order valence-corrected chi connectivity index (χ1v) is 6.63. The Balaban J connectivity index is 2.47. The fourth-order valence-corrected chi connectivity index (χ4v) is 2.65. The zero-order chi connectivity index (χ0) is 12.8. The molecule has 0 saturated heterocycles. The molecule has 1 aliphatic carbocycles. The minimum absolute atomic E-state index is 0.151. The van der Waals surface area contributed by atoms with Crippen LogP contribution in [0.1, 0.15) is 46.0 Å². The maximum atomic E-state index is 10.6. The van der Waals surface area contributed by atoms with Gasteiger partial charge in [0.15, 0.2) is 0 Å². The molecule has 100 valence electrons. The normalized spacial score (nSPS) is 19.1. The average molecular weight is 243 g/mol. The van der Waals surface area contributed by atoms with Crippen LogP contribution in [-0.4, -0.2) is 46.3 Å². The van der Waals surface area contributed by atoms with Crippen molar-refractivity contribution in [3.05, 3.63) is 0 Å². The number of carbonyl (C=O) groups is 1. The van der Waals surface area contributed by atoms with Crippen molar-refractivity contribution in [2.24, 2.45) is 5.92 Å². The predicted octanol–water partition coefficient (Wildman–Crippen LogP) is 1.72. The van der Waals surface area contributed by atoms with Gasteiger partial charge in [0.25, 0.3) is 0 Å². The summed E-state index contributed by atoms with van der Waals surface area (Å²) in [7, 11) is 0. The van der Waals surface area contributed by atoms with E-state index in [1.807, 2.05) is 0 Å². The van der Waals surface area contributed by atoms with Crippen molar-refractivity contribution in [3.8, 4) is 0 Å². The molecule has 2 N–H and O–H groups in total. The van der Waals surface area contributed by atoms with Crippen LogP contribution in [-0.2, 0) is 4.79 Å². The van der Waals surface area contributed by atoms with Crippen LogP contribution in [0.4, 0.5) is 0 Å². The molecule has 0 amide bonds. The van der Waals surface area contributed by atoms with Gasteiger partial charge < -0.3 is 10.2 Å². The van der Waals surface area contributed by atoms with Crippen LogP contribution in [0.15, 0.2) is 0 Å². The molecule has 0 aromatic heterocycles. The first-order chi connectivity index (χ1) is 7.99. The number of hydrogen-bond acceptors (Lipinski definition) is 3. The van der Waals surface area contributed by atoms with Gasteiger partial charge in [0.1, 0.15) is 0 Å². The van der Waals surface area contributed by atoms with Crippen LogP contribution >= 0.6 is 0 Å². The minimum Gasteiger partial charge on any atom is -0.481 e. The van der Waals surface area contributed by atoms with Crippen LogP contribution in [0, 0.1) is 5.92 Å². The van der Waals surface area contributed by atoms with Crippen molar-refractivity contribution >= 4 is 5.97 Å². The van der Waals surface area contributed by atoms with Gasteiger partial charge in [-0.25, -0.2) is 0 Å². The number of carboxylic acids is 1. The van der Waals surface area contributed by atoms with Gasteiger partial charge in [-0.05, 0) is 18.8 Å². The summed E-state index contributed by atoms with van der Waals surface area (Å²) in [5.74, 6) is -0.374. The topological polar surface area (TPSA) is 60.8 Å². The van der Waals surface area contributed by atoms with Crippen molar-refractivity contribution in [2.45, 2.75) is 58.1 Å². The molecule has 17 heavy (non-hydrogen) atoms. The predicted molar refractivity (Wildman–Crippen MR) is 66.9 cm³/mol. The summed E-state index contributed by atoms with van der Waals surface area (Å²) >= 11 is 0. The second-order valence-electron chi connectivity index (χ2n) is 5.54. The van der Waals surface area contributed by atoms with E-state index in [4.69, 9.17) is 5.11 Å². The number of hydrogen-bond donors (Lipinski definition) is 2. The van der Waals surface area contributed by atoms with E-state index in [0.29, 0.717) is 18.5 Å². The Morgan fingerprint density at radius 1 is 1.29 bits per heavy atom. The molecule has 1 rings (SSSR count). The first-order valence-electron chi connectivity index (χ1n) is 6.63. The summed E-state index contributed by atoms with van der Waals surface area (Å²) in [6.07, 6.45) is 4.00. The largest absolute Gasteiger partial charge is 0.481 e. The molecule has 0 aromatic rings. The van der Waals surface area contributed by atoms with Gasteiger partial charge in [0.05, 0.1) is 12.5 Å². The van der Waals surface area contributed by atoms with Crippen molar-refractivity contribution in [3.63, 3.8) is 0 Å². The lowest BCUT2D eigenvalue weighted by Crippen LogP contribution is -2.41. The van der Waals surface area contributed by atoms with Gasteiger partial charge in [0, 0.05) is 19.1 Å². The van der Waals surface area contributed by atoms with Crippen LogP contribution in [0.5, 0.6) is 0 Å². The van der Waals surface area contributed by atoms with E-state index in [-0.39, 0.29) is 6.42 Å². The molecule has 0 spiro atoms. The van der Waals surface area contributed by atoms with Gasteiger partial charge >= 0.3 is 5.97 Å². The molecule has 4 heteroatoms. The summed E-state index contributed by atoms with van der Waals surface area (Å²) in [4.78, 5) is 12.8. The molecule has 1 unspecified atom stereocenters. The zero-order valence-electron chi connectivity index (χ0n) is 10.9. The molecule has 1 aliphatic rings. The fourth-order valence-electron chi connectivity index (χ4n) is 2.65. The fraction of sp³-hybridized carbons (Fsp3) is 0.923. The Kier molecular flexibility index (Phi) is 5.92. The quantitative estimate of drug-likeness (QED) is 0.715. The summed E-state index contributed by atoms with van der Waals surface area (Å²) in [6, 6.07) is 0.542. The number of aliphatic hydroxyl groups is 1. The molecular weight excluding hydrogens is 218 g/mol. The molecular formula is C13H25NO3. The smallest absolute Gasteiger partial charge is 0.306 e. The number of carboxylic acid groups (broad SMARTS) is 1. The Morgan fingerprint density at radius 2 is 1.88 bits per heavy atom. The van der Waals surface area contributed by atoms with Crippen molar-refractivity contribution < 1.29 is 15.0 Å². The SMILES string of the molecule is CC(C)CN(CC(O)CC(=O)O)C1CCCC1. The van der Waals surface area contributed by atoms with Crippen LogP contribution < -0.4 is 0 Å². The van der Waals surface area contributed by atoms with E-state index in [0.717, 1.165) is 6.54 Å². The molecule has 0 bridgehead atoms.